The molecule has 0 saturated heterocycles. The Balaban J connectivity index is 1.79. The first kappa shape index (κ1) is 17.2. The average Bonchev–Trinajstić information content (AvgIpc) is 2.60. The Morgan fingerprint density at radius 1 is 0.960 bits per heavy atom. The minimum atomic E-state index is 0.566. The highest BCUT2D eigenvalue weighted by molar-refractivity contribution is 5.85. The van der Waals surface area contributed by atoms with Gasteiger partial charge >= 0.3 is 0 Å². The van der Waals surface area contributed by atoms with E-state index in [0.29, 0.717) is 11.8 Å². The number of nitrogens with two attached hydrogens (primary N) is 1. The first-order valence-corrected chi connectivity index (χ1v) is 8.48. The zero-order chi connectivity index (χ0) is 17.8. The predicted octanol–water partition coefficient (Wildman–Crippen LogP) is 2.95. The Morgan fingerprint density at radius 3 is 2.48 bits per heavy atom. The van der Waals surface area contributed by atoms with Gasteiger partial charge in [0, 0.05) is 31.9 Å². The van der Waals surface area contributed by atoms with E-state index in [1.54, 1.807) is 0 Å². The van der Waals surface area contributed by atoms with Gasteiger partial charge in [-0.2, -0.15) is 4.98 Å². The number of likely N-dealkylation sites (N-methyl/N-ethyl adjacent to an activating group) is 1. The standard InChI is InChI=1S/C20H25N5/c1-24(2)12-11-16-13-22-20(23-19(16)21)25(3)14-17-9-6-8-15-7-4-5-10-18(15)17/h4-10,13H,11-12,14H2,1-3H3,(H2,21,22,23). The summed E-state index contributed by atoms with van der Waals surface area (Å²) in [5.41, 5.74) is 8.38. The van der Waals surface area contributed by atoms with Gasteiger partial charge < -0.3 is 15.5 Å². The van der Waals surface area contributed by atoms with Crippen LogP contribution >= 0.6 is 0 Å². The number of hydrogen-bond donors (Lipinski definition) is 1. The molecule has 0 aliphatic heterocycles. The second kappa shape index (κ2) is 7.49. The van der Waals surface area contributed by atoms with E-state index in [1.165, 1.54) is 16.3 Å². The highest BCUT2D eigenvalue weighted by atomic mass is 15.2. The van der Waals surface area contributed by atoms with Gasteiger partial charge in [-0.15, -0.1) is 0 Å². The molecule has 5 nitrogen and oxygen atoms in total. The van der Waals surface area contributed by atoms with Crippen molar-refractivity contribution in [3.8, 4) is 0 Å². The number of nitrogen functional groups attached to an aromatic ring is 1. The highest BCUT2D eigenvalue weighted by Gasteiger charge is 2.10. The van der Waals surface area contributed by atoms with Crippen LogP contribution in [-0.2, 0) is 13.0 Å². The van der Waals surface area contributed by atoms with Crippen LogP contribution in [0.1, 0.15) is 11.1 Å². The summed E-state index contributed by atoms with van der Waals surface area (Å²) in [7, 11) is 6.09. The molecular formula is C20H25N5. The van der Waals surface area contributed by atoms with Crippen molar-refractivity contribution in [1.29, 1.82) is 0 Å². The number of nitrogens with zero attached hydrogens (tertiary/aromatic N) is 4. The number of aromatic nitrogens is 2. The SMILES string of the molecule is CN(C)CCc1cnc(N(C)Cc2cccc3ccccc23)nc1N. The molecule has 1 heterocycles. The quantitative estimate of drug-likeness (QED) is 0.750. The van der Waals surface area contributed by atoms with Gasteiger partial charge in [0.15, 0.2) is 0 Å². The Bertz CT molecular complexity index is 854. The first-order valence-electron chi connectivity index (χ1n) is 8.48. The zero-order valence-electron chi connectivity index (χ0n) is 15.1. The maximum absolute atomic E-state index is 6.13. The van der Waals surface area contributed by atoms with Crippen molar-refractivity contribution in [3.63, 3.8) is 0 Å². The molecule has 130 valence electrons. The van der Waals surface area contributed by atoms with Crippen LogP contribution in [0.25, 0.3) is 10.8 Å². The summed E-state index contributed by atoms with van der Waals surface area (Å²) in [4.78, 5) is 13.2. The molecule has 5 heteroatoms. The second-order valence-corrected chi connectivity index (χ2v) is 6.63. The lowest BCUT2D eigenvalue weighted by atomic mass is 10.0. The molecule has 0 bridgehead atoms. The molecule has 25 heavy (non-hydrogen) atoms. The molecule has 2 N–H and O–H groups in total. The summed E-state index contributed by atoms with van der Waals surface area (Å²) in [6, 6.07) is 14.8. The molecule has 0 radical (unpaired) electrons. The molecule has 3 aromatic rings. The van der Waals surface area contributed by atoms with Crippen LogP contribution in [0.2, 0.25) is 0 Å². The monoisotopic (exact) mass is 335 g/mol. The predicted molar refractivity (Wildman–Crippen MR) is 105 cm³/mol. The zero-order valence-corrected chi connectivity index (χ0v) is 15.1. The summed E-state index contributed by atoms with van der Waals surface area (Å²) in [5, 5.41) is 2.50. The molecule has 0 aliphatic rings. The van der Waals surface area contributed by atoms with Crippen molar-refractivity contribution in [2.24, 2.45) is 0 Å². The Morgan fingerprint density at radius 2 is 1.72 bits per heavy atom. The molecule has 0 saturated carbocycles. The largest absolute Gasteiger partial charge is 0.383 e. The van der Waals surface area contributed by atoms with Gasteiger partial charge in [0.25, 0.3) is 0 Å². The van der Waals surface area contributed by atoms with Gasteiger partial charge in [0.1, 0.15) is 5.82 Å². The molecule has 0 atom stereocenters. The van der Waals surface area contributed by atoms with E-state index in [0.717, 1.165) is 25.1 Å². The van der Waals surface area contributed by atoms with Crippen molar-refractivity contribution in [3.05, 3.63) is 59.8 Å². The van der Waals surface area contributed by atoms with E-state index in [1.807, 2.05) is 32.2 Å². The molecule has 0 unspecified atom stereocenters. The van der Waals surface area contributed by atoms with Gasteiger partial charge in [0.05, 0.1) is 0 Å². The number of rotatable bonds is 6. The van der Waals surface area contributed by atoms with Crippen LogP contribution in [0.15, 0.2) is 48.7 Å². The Kier molecular flexibility index (Phi) is 5.14. The minimum absolute atomic E-state index is 0.566. The van der Waals surface area contributed by atoms with Crippen molar-refractivity contribution >= 4 is 22.5 Å². The van der Waals surface area contributed by atoms with Gasteiger partial charge in [-0.3, -0.25) is 0 Å². The molecule has 0 aliphatic carbocycles. The highest BCUT2D eigenvalue weighted by Crippen LogP contribution is 2.21. The fourth-order valence-corrected chi connectivity index (χ4v) is 2.89. The molecule has 3 rings (SSSR count). The van der Waals surface area contributed by atoms with Crippen LogP contribution in [0.3, 0.4) is 0 Å². The first-order chi connectivity index (χ1) is 12.0. The average molecular weight is 335 g/mol. The van der Waals surface area contributed by atoms with Crippen molar-refractivity contribution in [2.75, 3.05) is 38.3 Å². The van der Waals surface area contributed by atoms with Crippen LogP contribution in [0.5, 0.6) is 0 Å². The van der Waals surface area contributed by atoms with Gasteiger partial charge in [-0.25, -0.2) is 4.98 Å². The van der Waals surface area contributed by atoms with E-state index >= 15 is 0 Å². The second-order valence-electron chi connectivity index (χ2n) is 6.63. The third-order valence-corrected chi connectivity index (χ3v) is 4.34. The molecule has 1 aromatic heterocycles. The third-order valence-electron chi connectivity index (χ3n) is 4.34. The molecule has 0 fully saturated rings. The maximum atomic E-state index is 6.13. The van der Waals surface area contributed by atoms with E-state index in [2.05, 4.69) is 57.3 Å². The maximum Gasteiger partial charge on any atom is 0.227 e. The molecule has 2 aromatic carbocycles. The van der Waals surface area contributed by atoms with Crippen LogP contribution < -0.4 is 10.6 Å². The normalized spacial score (nSPS) is 11.2. The van der Waals surface area contributed by atoms with Crippen molar-refractivity contribution in [2.45, 2.75) is 13.0 Å². The van der Waals surface area contributed by atoms with Gasteiger partial charge in [-0.05, 0) is 36.9 Å². The van der Waals surface area contributed by atoms with Gasteiger partial charge in [-0.1, -0.05) is 42.5 Å². The lowest BCUT2D eigenvalue weighted by Crippen LogP contribution is -2.21. The van der Waals surface area contributed by atoms with E-state index in [-0.39, 0.29) is 0 Å². The number of anilines is 2. The summed E-state index contributed by atoms with van der Waals surface area (Å²) in [6.07, 6.45) is 2.70. The van der Waals surface area contributed by atoms with Gasteiger partial charge in [0.2, 0.25) is 5.95 Å². The Hall–Kier alpha value is -2.66. The van der Waals surface area contributed by atoms with Crippen molar-refractivity contribution in [1.82, 2.24) is 14.9 Å². The summed E-state index contributed by atoms with van der Waals surface area (Å²) >= 11 is 0. The number of hydrogen-bond acceptors (Lipinski definition) is 5. The topological polar surface area (TPSA) is 58.3 Å². The minimum Gasteiger partial charge on any atom is -0.383 e. The summed E-state index contributed by atoms with van der Waals surface area (Å²) in [5.74, 6) is 1.22. The van der Waals surface area contributed by atoms with E-state index < -0.39 is 0 Å². The summed E-state index contributed by atoms with van der Waals surface area (Å²) in [6.45, 7) is 1.66. The van der Waals surface area contributed by atoms with Crippen LogP contribution in [0, 0.1) is 0 Å². The van der Waals surface area contributed by atoms with Crippen molar-refractivity contribution < 1.29 is 0 Å². The fraction of sp³-hybridized carbons (Fsp3) is 0.300. The smallest absolute Gasteiger partial charge is 0.227 e. The third kappa shape index (κ3) is 4.06. The van der Waals surface area contributed by atoms with Crippen LogP contribution in [-0.4, -0.2) is 42.6 Å². The lowest BCUT2D eigenvalue weighted by Gasteiger charge is -2.19. The molecule has 0 spiro atoms. The fourth-order valence-electron chi connectivity index (χ4n) is 2.89. The molecular weight excluding hydrogens is 310 g/mol. The Labute approximate surface area is 149 Å². The van der Waals surface area contributed by atoms with E-state index in [9.17, 15) is 0 Å². The number of benzene rings is 2. The lowest BCUT2D eigenvalue weighted by molar-refractivity contribution is 0.413. The van der Waals surface area contributed by atoms with Crippen LogP contribution in [0.4, 0.5) is 11.8 Å². The van der Waals surface area contributed by atoms with E-state index in [4.69, 9.17) is 5.73 Å². The number of fused-ring (bicyclic) bond motifs is 1. The molecule has 0 amide bonds. The summed E-state index contributed by atoms with van der Waals surface area (Å²) < 4.78 is 0.